The van der Waals surface area contributed by atoms with Crippen molar-refractivity contribution in [1.29, 1.82) is 0 Å². The van der Waals surface area contributed by atoms with Gasteiger partial charge in [-0.05, 0) is 6.92 Å². The minimum Gasteiger partial charge on any atom is -0.477 e. The number of hydrogen-bond donors (Lipinski definition) is 3. The first-order valence-corrected chi connectivity index (χ1v) is 8.66. The molecule has 4 rings (SSSR count). The van der Waals surface area contributed by atoms with Gasteiger partial charge in [-0.25, -0.2) is 19.2 Å². The lowest BCUT2D eigenvalue weighted by molar-refractivity contribution is -0.176. The summed E-state index contributed by atoms with van der Waals surface area (Å²) in [5.41, 5.74) is -1.39. The van der Waals surface area contributed by atoms with Crippen molar-refractivity contribution in [3.63, 3.8) is 0 Å². The van der Waals surface area contributed by atoms with Crippen molar-refractivity contribution >= 4 is 34.2 Å². The van der Waals surface area contributed by atoms with Crippen LogP contribution in [0, 0.1) is 12.7 Å². The van der Waals surface area contributed by atoms with Gasteiger partial charge < -0.3 is 20.2 Å². The molecule has 1 aliphatic rings. The summed E-state index contributed by atoms with van der Waals surface area (Å²) >= 11 is 1.19. The maximum Gasteiger partial charge on any atom is 0.341 e. The highest BCUT2D eigenvalue weighted by molar-refractivity contribution is 7.12. The molecule has 0 atom stereocenters. The second-order valence-electron chi connectivity index (χ2n) is 6.27. The molecule has 0 spiro atoms. The molecule has 27 heavy (non-hydrogen) atoms. The Bertz CT molecular complexity index is 1130. The Labute approximate surface area is 154 Å². The number of aromatic nitrogens is 3. The molecule has 1 aliphatic heterocycles. The molecule has 11 heteroatoms. The SMILES string of the molecule is Cc1c(F)c(N2CC(O)(O)C2)nc2c1c(=O)c(C(=O)O)cn2-c1nccs1. The number of nitrogens with zero attached hydrogens (tertiary/aromatic N) is 4. The molecule has 3 aromatic rings. The molecule has 9 nitrogen and oxygen atoms in total. The van der Waals surface area contributed by atoms with Gasteiger partial charge in [0.05, 0.1) is 18.5 Å². The quantitative estimate of drug-likeness (QED) is 0.549. The van der Waals surface area contributed by atoms with E-state index in [4.69, 9.17) is 0 Å². The fourth-order valence-corrected chi connectivity index (χ4v) is 3.66. The summed E-state index contributed by atoms with van der Waals surface area (Å²) in [6, 6.07) is 0. The lowest BCUT2D eigenvalue weighted by atomic mass is 10.1. The number of rotatable bonds is 3. The molecule has 0 bridgehead atoms. The van der Waals surface area contributed by atoms with Gasteiger partial charge in [-0.3, -0.25) is 9.36 Å². The Kier molecular flexibility index (Phi) is 3.77. The number of fused-ring (bicyclic) bond motifs is 1. The fourth-order valence-electron chi connectivity index (χ4n) is 3.04. The Morgan fingerprint density at radius 3 is 2.63 bits per heavy atom. The van der Waals surface area contributed by atoms with Crippen LogP contribution in [0.2, 0.25) is 0 Å². The summed E-state index contributed by atoms with van der Waals surface area (Å²) in [6.45, 7) is 0.875. The summed E-state index contributed by atoms with van der Waals surface area (Å²) in [7, 11) is 0. The van der Waals surface area contributed by atoms with Crippen LogP contribution >= 0.6 is 11.3 Å². The van der Waals surface area contributed by atoms with Crippen molar-refractivity contribution in [2.45, 2.75) is 12.7 Å². The standard InChI is InChI=1S/C16H13FN4O5S/c1-7-9-11(22)8(14(23)24)4-21(15-18-2-3-27-15)12(9)19-13(10(7)17)20-5-16(25,26)6-20/h2-4,25-26H,5-6H2,1H3,(H,23,24). The van der Waals surface area contributed by atoms with E-state index in [9.17, 15) is 29.3 Å². The molecule has 0 amide bonds. The smallest absolute Gasteiger partial charge is 0.341 e. The molecular formula is C16H13FN4O5S. The topological polar surface area (TPSA) is 129 Å². The van der Waals surface area contributed by atoms with Crippen molar-refractivity contribution in [3.05, 3.63) is 44.9 Å². The number of hydrogen-bond acceptors (Lipinski definition) is 8. The second kappa shape index (κ2) is 5.81. The zero-order valence-corrected chi connectivity index (χ0v) is 14.7. The van der Waals surface area contributed by atoms with Gasteiger partial charge in [-0.2, -0.15) is 0 Å². The third kappa shape index (κ3) is 2.67. The largest absolute Gasteiger partial charge is 0.477 e. The fraction of sp³-hybridized carbons (Fsp3) is 0.250. The predicted molar refractivity (Wildman–Crippen MR) is 94.0 cm³/mol. The van der Waals surface area contributed by atoms with Crippen molar-refractivity contribution in [3.8, 4) is 5.13 Å². The number of β-amino-alcohol motifs (C(OH)–C–C–N with tert-alkyl or cyclic N) is 2. The van der Waals surface area contributed by atoms with Crippen LogP contribution in [0.5, 0.6) is 0 Å². The average Bonchev–Trinajstić information content (AvgIpc) is 3.09. The van der Waals surface area contributed by atoms with E-state index in [1.165, 1.54) is 33.9 Å². The molecule has 1 saturated heterocycles. The number of carbonyl (C=O) groups is 1. The predicted octanol–water partition coefficient (Wildman–Crippen LogP) is 0.489. The molecule has 0 aromatic carbocycles. The van der Waals surface area contributed by atoms with E-state index in [1.807, 2.05) is 0 Å². The molecular weight excluding hydrogens is 379 g/mol. The summed E-state index contributed by atoms with van der Waals surface area (Å²) in [5.74, 6) is -4.34. The van der Waals surface area contributed by atoms with Crippen LogP contribution in [-0.4, -0.2) is 54.7 Å². The van der Waals surface area contributed by atoms with E-state index in [0.717, 1.165) is 6.20 Å². The number of carboxylic acid groups (broad SMARTS) is 1. The second-order valence-corrected chi connectivity index (χ2v) is 7.15. The number of anilines is 1. The van der Waals surface area contributed by atoms with Crippen molar-refractivity contribution in [1.82, 2.24) is 14.5 Å². The number of pyridine rings is 2. The molecule has 0 unspecified atom stereocenters. The summed E-state index contributed by atoms with van der Waals surface area (Å²) in [6.07, 6.45) is 2.61. The molecule has 3 N–H and O–H groups in total. The molecule has 140 valence electrons. The van der Waals surface area contributed by atoms with Gasteiger partial charge in [-0.1, -0.05) is 0 Å². The highest BCUT2D eigenvalue weighted by atomic mass is 32.1. The number of thiazole rings is 1. The maximum atomic E-state index is 14.9. The molecule has 4 heterocycles. The third-order valence-corrected chi connectivity index (χ3v) is 5.11. The molecule has 0 saturated carbocycles. The van der Waals surface area contributed by atoms with E-state index < -0.39 is 28.6 Å². The first kappa shape index (κ1) is 17.5. The van der Waals surface area contributed by atoms with E-state index in [2.05, 4.69) is 9.97 Å². The van der Waals surface area contributed by atoms with Crippen LogP contribution < -0.4 is 10.3 Å². The summed E-state index contributed by atoms with van der Waals surface area (Å²) in [4.78, 5) is 33.7. The van der Waals surface area contributed by atoms with Crippen LogP contribution in [0.1, 0.15) is 15.9 Å². The Morgan fingerprint density at radius 2 is 2.07 bits per heavy atom. The van der Waals surface area contributed by atoms with E-state index in [-0.39, 0.29) is 35.5 Å². The van der Waals surface area contributed by atoms with Crippen LogP contribution in [0.25, 0.3) is 16.2 Å². The first-order chi connectivity index (χ1) is 12.7. The van der Waals surface area contributed by atoms with Crippen LogP contribution in [0.4, 0.5) is 10.2 Å². The van der Waals surface area contributed by atoms with Gasteiger partial charge in [0.2, 0.25) is 5.43 Å². The van der Waals surface area contributed by atoms with Crippen molar-refractivity contribution in [2.75, 3.05) is 18.0 Å². The lowest BCUT2D eigenvalue weighted by Gasteiger charge is -2.43. The normalized spacial score (nSPS) is 15.8. The maximum absolute atomic E-state index is 14.9. The number of aromatic carboxylic acids is 1. The van der Waals surface area contributed by atoms with Gasteiger partial charge in [0, 0.05) is 23.3 Å². The van der Waals surface area contributed by atoms with Crippen LogP contribution in [0.15, 0.2) is 22.6 Å². The van der Waals surface area contributed by atoms with Crippen LogP contribution in [-0.2, 0) is 0 Å². The van der Waals surface area contributed by atoms with Gasteiger partial charge in [-0.15, -0.1) is 11.3 Å². The third-order valence-electron chi connectivity index (χ3n) is 4.34. The van der Waals surface area contributed by atoms with Crippen molar-refractivity contribution in [2.24, 2.45) is 0 Å². The number of halogens is 1. The first-order valence-electron chi connectivity index (χ1n) is 7.78. The average molecular weight is 392 g/mol. The molecule has 1 fully saturated rings. The lowest BCUT2D eigenvalue weighted by Crippen LogP contribution is -2.62. The minimum atomic E-state index is -1.93. The molecule has 0 radical (unpaired) electrons. The minimum absolute atomic E-state index is 0.0437. The monoisotopic (exact) mass is 392 g/mol. The van der Waals surface area contributed by atoms with Gasteiger partial charge >= 0.3 is 5.97 Å². The van der Waals surface area contributed by atoms with E-state index >= 15 is 0 Å². The number of carboxylic acids is 1. The van der Waals surface area contributed by atoms with Gasteiger partial charge in [0.15, 0.2) is 28.2 Å². The van der Waals surface area contributed by atoms with Gasteiger partial charge in [0.25, 0.3) is 0 Å². The van der Waals surface area contributed by atoms with E-state index in [0.29, 0.717) is 5.13 Å². The van der Waals surface area contributed by atoms with Crippen LogP contribution in [0.3, 0.4) is 0 Å². The highest BCUT2D eigenvalue weighted by Crippen LogP contribution is 2.31. The zero-order chi connectivity index (χ0) is 19.5. The summed E-state index contributed by atoms with van der Waals surface area (Å²) in [5, 5.41) is 30.2. The summed E-state index contributed by atoms with van der Waals surface area (Å²) < 4.78 is 16.2. The van der Waals surface area contributed by atoms with Crippen molar-refractivity contribution < 1.29 is 24.5 Å². The number of aryl methyl sites for hydroxylation is 1. The highest BCUT2D eigenvalue weighted by Gasteiger charge is 2.41. The zero-order valence-electron chi connectivity index (χ0n) is 13.9. The number of aliphatic hydroxyl groups is 2. The molecule has 0 aliphatic carbocycles. The van der Waals surface area contributed by atoms with E-state index in [1.54, 1.807) is 5.38 Å². The Morgan fingerprint density at radius 1 is 1.37 bits per heavy atom. The Hall–Kier alpha value is -2.89. The Balaban J connectivity index is 2.06. The molecule has 3 aromatic heterocycles. The van der Waals surface area contributed by atoms with Gasteiger partial charge in [0.1, 0.15) is 5.56 Å².